The van der Waals surface area contributed by atoms with Crippen molar-refractivity contribution in [2.75, 3.05) is 25.7 Å². The number of rotatable bonds is 6. The molecule has 5 nitrogen and oxygen atoms in total. The van der Waals surface area contributed by atoms with Crippen LogP contribution in [-0.2, 0) is 11.2 Å². The van der Waals surface area contributed by atoms with Gasteiger partial charge < -0.3 is 19.1 Å². The van der Waals surface area contributed by atoms with Crippen LogP contribution in [-0.4, -0.2) is 26.7 Å². The van der Waals surface area contributed by atoms with E-state index < -0.39 is 0 Å². The number of benzene rings is 3. The van der Waals surface area contributed by atoms with E-state index in [1.165, 1.54) is 0 Å². The first kappa shape index (κ1) is 21.2. The van der Waals surface area contributed by atoms with E-state index in [9.17, 15) is 4.79 Å². The Kier molecular flexibility index (Phi) is 6.18. The van der Waals surface area contributed by atoms with Gasteiger partial charge in [-0.3, -0.25) is 4.79 Å². The molecule has 0 spiro atoms. The van der Waals surface area contributed by atoms with Gasteiger partial charge in [-0.1, -0.05) is 28.1 Å². The Morgan fingerprint density at radius 1 is 0.968 bits per heavy atom. The lowest BCUT2D eigenvalue weighted by molar-refractivity contribution is -0.118. The van der Waals surface area contributed by atoms with Crippen LogP contribution in [0.3, 0.4) is 0 Å². The number of nitrogens with zero attached hydrogens (tertiary/aromatic N) is 1. The number of fused-ring (bicyclic) bond motifs is 1. The minimum Gasteiger partial charge on any atom is -0.494 e. The molecule has 31 heavy (non-hydrogen) atoms. The highest BCUT2D eigenvalue weighted by molar-refractivity contribution is 9.10. The topological polar surface area (TPSA) is 48.0 Å². The number of hydrogen-bond donors (Lipinski definition) is 0. The molecule has 4 rings (SSSR count). The Balaban J connectivity index is 1.89. The Labute approximate surface area is 190 Å². The van der Waals surface area contributed by atoms with Gasteiger partial charge in [0.1, 0.15) is 5.75 Å². The summed E-state index contributed by atoms with van der Waals surface area (Å²) in [5.74, 6) is 2.09. The molecule has 6 heteroatoms. The fourth-order valence-electron chi connectivity index (χ4n) is 4.01. The maximum atomic E-state index is 13.4. The summed E-state index contributed by atoms with van der Waals surface area (Å²) in [7, 11) is 3.23. The molecule has 1 atom stereocenters. The number of halogens is 1. The highest BCUT2D eigenvalue weighted by Crippen LogP contribution is 2.43. The molecule has 1 aliphatic rings. The average molecular weight is 482 g/mol. The summed E-state index contributed by atoms with van der Waals surface area (Å²) in [4.78, 5) is 15.2. The van der Waals surface area contributed by atoms with Gasteiger partial charge in [-0.2, -0.15) is 0 Å². The fourth-order valence-corrected chi connectivity index (χ4v) is 4.28. The Bertz CT molecular complexity index is 1080. The van der Waals surface area contributed by atoms with E-state index in [1.54, 1.807) is 14.2 Å². The lowest BCUT2D eigenvalue weighted by atomic mass is 9.86. The summed E-state index contributed by atoms with van der Waals surface area (Å²) in [5.41, 5.74) is 3.79. The Morgan fingerprint density at radius 2 is 1.61 bits per heavy atom. The first-order valence-corrected chi connectivity index (χ1v) is 10.9. The van der Waals surface area contributed by atoms with Crippen molar-refractivity contribution in [3.8, 4) is 17.2 Å². The minimum absolute atomic E-state index is 0.0286. The molecule has 3 aromatic carbocycles. The van der Waals surface area contributed by atoms with E-state index in [2.05, 4.69) is 15.9 Å². The largest absolute Gasteiger partial charge is 0.494 e. The lowest BCUT2D eigenvalue weighted by Gasteiger charge is -2.38. The maximum absolute atomic E-state index is 13.4. The predicted molar refractivity (Wildman–Crippen MR) is 124 cm³/mol. The average Bonchev–Trinajstić information content (AvgIpc) is 2.79. The predicted octanol–water partition coefficient (Wildman–Crippen LogP) is 5.54. The smallest absolute Gasteiger partial charge is 0.232 e. The third kappa shape index (κ3) is 4.12. The van der Waals surface area contributed by atoms with E-state index in [0.29, 0.717) is 24.5 Å². The number of amides is 1. The molecule has 1 aliphatic heterocycles. The number of carbonyl (C=O) groups is 1. The van der Waals surface area contributed by atoms with E-state index in [1.807, 2.05) is 72.5 Å². The molecule has 0 bridgehead atoms. The molecule has 1 unspecified atom stereocenters. The van der Waals surface area contributed by atoms with Crippen molar-refractivity contribution >= 4 is 27.5 Å². The van der Waals surface area contributed by atoms with E-state index in [-0.39, 0.29) is 11.9 Å². The normalized spacial score (nSPS) is 15.4. The third-order valence-electron chi connectivity index (χ3n) is 5.42. The molecular formula is C25H24BrNO4. The van der Waals surface area contributed by atoms with Crippen LogP contribution < -0.4 is 19.1 Å². The summed E-state index contributed by atoms with van der Waals surface area (Å²) in [5, 5.41) is 0. The first-order valence-electron chi connectivity index (χ1n) is 10.1. The van der Waals surface area contributed by atoms with Gasteiger partial charge in [0.25, 0.3) is 0 Å². The van der Waals surface area contributed by atoms with Crippen LogP contribution in [0.25, 0.3) is 0 Å². The van der Waals surface area contributed by atoms with Crippen LogP contribution in [0.15, 0.2) is 65.1 Å². The van der Waals surface area contributed by atoms with Gasteiger partial charge in [-0.25, -0.2) is 0 Å². The van der Waals surface area contributed by atoms with Crippen molar-refractivity contribution < 1.29 is 19.0 Å². The SMILES string of the molecule is CCOc1ccc(C2c3cc(OC)c(OC)cc3CC(=O)N2c2ccc(Br)cc2)cc1. The van der Waals surface area contributed by atoms with Crippen LogP contribution >= 0.6 is 15.9 Å². The van der Waals surface area contributed by atoms with Crippen molar-refractivity contribution in [2.45, 2.75) is 19.4 Å². The van der Waals surface area contributed by atoms with Crippen molar-refractivity contribution in [3.63, 3.8) is 0 Å². The van der Waals surface area contributed by atoms with Crippen LogP contribution in [0.5, 0.6) is 17.2 Å². The molecule has 1 heterocycles. The van der Waals surface area contributed by atoms with E-state index >= 15 is 0 Å². The van der Waals surface area contributed by atoms with Gasteiger partial charge >= 0.3 is 0 Å². The number of methoxy groups -OCH3 is 2. The first-order chi connectivity index (χ1) is 15.0. The molecule has 0 aromatic heterocycles. The van der Waals surface area contributed by atoms with Gasteiger partial charge in [-0.05, 0) is 72.1 Å². The zero-order valence-electron chi connectivity index (χ0n) is 17.7. The summed E-state index contributed by atoms with van der Waals surface area (Å²) in [6, 6.07) is 19.3. The molecule has 0 radical (unpaired) electrons. The second kappa shape index (κ2) is 9.02. The molecule has 160 valence electrons. The quantitative estimate of drug-likeness (QED) is 0.463. The summed E-state index contributed by atoms with van der Waals surface area (Å²) in [6.45, 7) is 2.56. The molecule has 3 aromatic rings. The lowest BCUT2D eigenvalue weighted by Crippen LogP contribution is -2.41. The van der Waals surface area contributed by atoms with Crippen molar-refractivity contribution in [1.29, 1.82) is 0 Å². The zero-order chi connectivity index (χ0) is 22.0. The zero-order valence-corrected chi connectivity index (χ0v) is 19.3. The molecule has 0 saturated heterocycles. The van der Waals surface area contributed by atoms with Gasteiger partial charge in [0.2, 0.25) is 5.91 Å². The van der Waals surface area contributed by atoms with Crippen molar-refractivity contribution in [2.24, 2.45) is 0 Å². The van der Waals surface area contributed by atoms with Crippen LogP contribution in [0.4, 0.5) is 5.69 Å². The van der Waals surface area contributed by atoms with E-state index in [4.69, 9.17) is 14.2 Å². The molecule has 0 aliphatic carbocycles. The molecule has 1 amide bonds. The van der Waals surface area contributed by atoms with Gasteiger partial charge in [0.15, 0.2) is 11.5 Å². The molecule has 0 N–H and O–H groups in total. The van der Waals surface area contributed by atoms with Gasteiger partial charge in [0, 0.05) is 10.2 Å². The number of ether oxygens (including phenoxy) is 3. The minimum atomic E-state index is -0.298. The monoisotopic (exact) mass is 481 g/mol. The van der Waals surface area contributed by atoms with E-state index in [0.717, 1.165) is 32.6 Å². The standard InChI is InChI=1S/C25H24BrNO4/c1-4-31-20-11-5-16(6-12-20)25-21-15-23(30-3)22(29-2)13-17(21)14-24(28)27(25)19-9-7-18(26)8-10-19/h5-13,15,25H,4,14H2,1-3H3. The maximum Gasteiger partial charge on any atom is 0.232 e. The van der Waals surface area contributed by atoms with Crippen molar-refractivity contribution in [3.05, 3.63) is 81.8 Å². The third-order valence-corrected chi connectivity index (χ3v) is 5.95. The number of carbonyl (C=O) groups excluding carboxylic acids is 1. The molecular weight excluding hydrogens is 458 g/mol. The second-order valence-electron chi connectivity index (χ2n) is 7.23. The summed E-state index contributed by atoms with van der Waals surface area (Å²) in [6.07, 6.45) is 0.291. The highest BCUT2D eigenvalue weighted by Gasteiger charge is 2.36. The number of hydrogen-bond acceptors (Lipinski definition) is 4. The molecule has 0 fully saturated rings. The Hall–Kier alpha value is -2.99. The number of anilines is 1. The highest BCUT2D eigenvalue weighted by atomic mass is 79.9. The second-order valence-corrected chi connectivity index (χ2v) is 8.14. The van der Waals surface area contributed by atoms with Crippen LogP contribution in [0.1, 0.15) is 29.7 Å². The van der Waals surface area contributed by atoms with Crippen LogP contribution in [0.2, 0.25) is 0 Å². The summed E-state index contributed by atoms with van der Waals surface area (Å²) < 4.78 is 17.6. The van der Waals surface area contributed by atoms with Gasteiger partial charge in [0.05, 0.1) is 33.3 Å². The van der Waals surface area contributed by atoms with Crippen LogP contribution in [0, 0.1) is 0 Å². The van der Waals surface area contributed by atoms with Gasteiger partial charge in [-0.15, -0.1) is 0 Å². The van der Waals surface area contributed by atoms with Crippen molar-refractivity contribution in [1.82, 2.24) is 0 Å². The Morgan fingerprint density at radius 3 is 2.23 bits per heavy atom. The summed E-state index contributed by atoms with van der Waals surface area (Å²) >= 11 is 3.48. The molecule has 0 saturated carbocycles. The fraction of sp³-hybridized carbons (Fsp3) is 0.240.